The maximum Gasteiger partial charge on any atom is 0.203 e. The van der Waals surface area contributed by atoms with E-state index in [0.717, 1.165) is 30.3 Å². The van der Waals surface area contributed by atoms with Gasteiger partial charge in [0.05, 0.1) is 6.04 Å². The predicted octanol–water partition coefficient (Wildman–Crippen LogP) is 3.31. The predicted molar refractivity (Wildman–Crippen MR) is 71.3 cm³/mol. The number of rotatable bonds is 6. The maximum atomic E-state index is 4.36. The van der Waals surface area contributed by atoms with Gasteiger partial charge in [0.25, 0.3) is 0 Å². The Balaban J connectivity index is 2.10. The number of aryl methyl sites for hydroxylation is 1. The van der Waals surface area contributed by atoms with Crippen LogP contribution in [0.15, 0.2) is 24.0 Å². The van der Waals surface area contributed by atoms with Crippen LogP contribution in [0.2, 0.25) is 0 Å². The smallest absolute Gasteiger partial charge is 0.203 e. The number of anilines is 1. The van der Waals surface area contributed by atoms with Crippen LogP contribution >= 0.6 is 11.3 Å². The Kier molecular flexibility index (Phi) is 4.14. The van der Waals surface area contributed by atoms with E-state index in [9.17, 15) is 0 Å². The fraction of sp³-hybridized carbons (Fsp3) is 0.500. The SMILES string of the molecule is CCCn1ccnc1NC(CC)c1nccs1. The standard InChI is InChI=1S/C12H18N4S/c1-3-7-16-8-5-14-12(16)15-10(4-2)11-13-6-9-17-11/h5-6,8-10H,3-4,7H2,1-2H3,(H,14,15). The van der Waals surface area contributed by atoms with Gasteiger partial charge in [0.2, 0.25) is 5.95 Å². The van der Waals surface area contributed by atoms with Crippen molar-refractivity contribution in [3.05, 3.63) is 29.0 Å². The highest BCUT2D eigenvalue weighted by atomic mass is 32.1. The molecular weight excluding hydrogens is 232 g/mol. The summed E-state index contributed by atoms with van der Waals surface area (Å²) in [5.41, 5.74) is 0. The van der Waals surface area contributed by atoms with Crippen molar-refractivity contribution in [3.63, 3.8) is 0 Å². The minimum absolute atomic E-state index is 0.257. The van der Waals surface area contributed by atoms with Gasteiger partial charge in [-0.3, -0.25) is 0 Å². The maximum absolute atomic E-state index is 4.36. The molecule has 0 aliphatic heterocycles. The number of imidazole rings is 1. The first kappa shape index (κ1) is 12.1. The van der Waals surface area contributed by atoms with Gasteiger partial charge < -0.3 is 9.88 Å². The lowest BCUT2D eigenvalue weighted by Gasteiger charge is -2.16. The molecule has 0 aromatic carbocycles. The topological polar surface area (TPSA) is 42.7 Å². The number of aromatic nitrogens is 3. The second-order valence-electron chi connectivity index (χ2n) is 3.92. The van der Waals surface area contributed by atoms with Gasteiger partial charge in [-0.05, 0) is 12.8 Å². The lowest BCUT2D eigenvalue weighted by molar-refractivity contribution is 0.660. The Bertz CT molecular complexity index is 435. The highest BCUT2D eigenvalue weighted by molar-refractivity contribution is 7.09. The second-order valence-corrected chi connectivity index (χ2v) is 4.85. The molecule has 0 spiro atoms. The molecule has 5 heteroatoms. The molecule has 0 saturated carbocycles. The molecule has 2 heterocycles. The summed E-state index contributed by atoms with van der Waals surface area (Å²) in [6.07, 6.45) is 7.82. The van der Waals surface area contributed by atoms with Crippen LogP contribution in [0.4, 0.5) is 5.95 Å². The molecule has 0 bridgehead atoms. The first-order valence-electron chi connectivity index (χ1n) is 6.02. The third-order valence-electron chi connectivity index (χ3n) is 2.64. The minimum Gasteiger partial charge on any atom is -0.346 e. The molecule has 2 aromatic heterocycles. The Labute approximate surface area is 106 Å². The first-order valence-corrected chi connectivity index (χ1v) is 6.90. The molecular formula is C12H18N4S. The molecule has 0 aliphatic rings. The van der Waals surface area contributed by atoms with Gasteiger partial charge in [-0.15, -0.1) is 11.3 Å². The van der Waals surface area contributed by atoms with E-state index in [4.69, 9.17) is 0 Å². The molecule has 1 unspecified atom stereocenters. The van der Waals surface area contributed by atoms with E-state index in [0.29, 0.717) is 0 Å². The number of hydrogen-bond acceptors (Lipinski definition) is 4. The molecule has 0 aliphatic carbocycles. The molecule has 4 nitrogen and oxygen atoms in total. The second kappa shape index (κ2) is 5.82. The summed E-state index contributed by atoms with van der Waals surface area (Å²) in [7, 11) is 0. The zero-order chi connectivity index (χ0) is 12.1. The van der Waals surface area contributed by atoms with Crippen molar-refractivity contribution < 1.29 is 0 Å². The van der Waals surface area contributed by atoms with Crippen LogP contribution in [0.1, 0.15) is 37.7 Å². The van der Waals surface area contributed by atoms with Gasteiger partial charge in [-0.2, -0.15) is 0 Å². The zero-order valence-electron chi connectivity index (χ0n) is 10.3. The van der Waals surface area contributed by atoms with E-state index in [-0.39, 0.29) is 6.04 Å². The Morgan fingerprint density at radius 3 is 2.88 bits per heavy atom. The van der Waals surface area contributed by atoms with Crippen LogP contribution in [0, 0.1) is 0 Å². The van der Waals surface area contributed by atoms with Gasteiger partial charge >= 0.3 is 0 Å². The Morgan fingerprint density at radius 1 is 1.35 bits per heavy atom. The van der Waals surface area contributed by atoms with E-state index >= 15 is 0 Å². The van der Waals surface area contributed by atoms with Gasteiger partial charge in [0, 0.05) is 30.5 Å². The fourth-order valence-electron chi connectivity index (χ4n) is 1.77. The highest BCUT2D eigenvalue weighted by Crippen LogP contribution is 2.23. The van der Waals surface area contributed by atoms with Gasteiger partial charge in [-0.25, -0.2) is 9.97 Å². The van der Waals surface area contributed by atoms with Crippen LogP contribution in [0.25, 0.3) is 0 Å². The first-order chi connectivity index (χ1) is 8.35. The molecule has 0 saturated heterocycles. The summed E-state index contributed by atoms with van der Waals surface area (Å²) in [5, 5.41) is 6.60. The van der Waals surface area contributed by atoms with Crippen molar-refractivity contribution >= 4 is 17.3 Å². The number of nitrogens with zero attached hydrogens (tertiary/aromatic N) is 3. The normalized spacial score (nSPS) is 12.6. The van der Waals surface area contributed by atoms with Crippen LogP contribution < -0.4 is 5.32 Å². The van der Waals surface area contributed by atoms with Gasteiger partial charge in [0.1, 0.15) is 5.01 Å². The van der Waals surface area contributed by atoms with Crippen molar-refractivity contribution in [2.24, 2.45) is 0 Å². The number of thiazole rings is 1. The lowest BCUT2D eigenvalue weighted by Crippen LogP contribution is -2.13. The van der Waals surface area contributed by atoms with Crippen molar-refractivity contribution in [3.8, 4) is 0 Å². The van der Waals surface area contributed by atoms with Crippen molar-refractivity contribution in [2.45, 2.75) is 39.3 Å². The van der Waals surface area contributed by atoms with Crippen LogP contribution in [0.3, 0.4) is 0 Å². The highest BCUT2D eigenvalue weighted by Gasteiger charge is 2.13. The third-order valence-corrected chi connectivity index (χ3v) is 3.53. The molecule has 2 aromatic rings. The summed E-state index contributed by atoms with van der Waals surface area (Å²) < 4.78 is 2.15. The van der Waals surface area contributed by atoms with Gasteiger partial charge in [-0.1, -0.05) is 13.8 Å². The molecule has 2 rings (SSSR count). The Morgan fingerprint density at radius 2 is 2.24 bits per heavy atom. The minimum atomic E-state index is 0.257. The van der Waals surface area contributed by atoms with Crippen molar-refractivity contribution in [1.82, 2.24) is 14.5 Å². The summed E-state index contributed by atoms with van der Waals surface area (Å²) in [6, 6.07) is 0.257. The lowest BCUT2D eigenvalue weighted by atomic mass is 10.2. The quantitative estimate of drug-likeness (QED) is 0.855. The molecule has 92 valence electrons. The summed E-state index contributed by atoms with van der Waals surface area (Å²) in [5.74, 6) is 0.939. The van der Waals surface area contributed by atoms with Crippen LogP contribution in [0.5, 0.6) is 0 Å². The average molecular weight is 250 g/mol. The van der Waals surface area contributed by atoms with Crippen LogP contribution in [-0.4, -0.2) is 14.5 Å². The van der Waals surface area contributed by atoms with E-state index in [2.05, 4.69) is 33.7 Å². The molecule has 0 fully saturated rings. The zero-order valence-corrected chi connectivity index (χ0v) is 11.1. The van der Waals surface area contributed by atoms with E-state index < -0.39 is 0 Å². The molecule has 1 atom stereocenters. The molecule has 0 radical (unpaired) electrons. The monoisotopic (exact) mass is 250 g/mol. The molecule has 1 N–H and O–H groups in total. The van der Waals surface area contributed by atoms with Gasteiger partial charge in [0.15, 0.2) is 0 Å². The molecule has 17 heavy (non-hydrogen) atoms. The van der Waals surface area contributed by atoms with Crippen molar-refractivity contribution in [2.75, 3.05) is 5.32 Å². The fourth-order valence-corrected chi connectivity index (χ4v) is 2.54. The van der Waals surface area contributed by atoms with Crippen LogP contribution in [-0.2, 0) is 6.54 Å². The number of nitrogens with one attached hydrogen (secondary N) is 1. The summed E-state index contributed by atoms with van der Waals surface area (Å²) in [6.45, 7) is 5.32. The van der Waals surface area contributed by atoms with Crippen molar-refractivity contribution in [1.29, 1.82) is 0 Å². The largest absolute Gasteiger partial charge is 0.346 e. The Hall–Kier alpha value is -1.36. The summed E-state index contributed by atoms with van der Waals surface area (Å²) in [4.78, 5) is 8.72. The van der Waals surface area contributed by atoms with E-state index in [1.807, 2.05) is 24.0 Å². The number of hydrogen-bond donors (Lipinski definition) is 1. The molecule has 0 amide bonds. The van der Waals surface area contributed by atoms with E-state index in [1.165, 1.54) is 0 Å². The summed E-state index contributed by atoms with van der Waals surface area (Å²) >= 11 is 1.69. The average Bonchev–Trinajstić information content (AvgIpc) is 2.97. The van der Waals surface area contributed by atoms with E-state index in [1.54, 1.807) is 11.3 Å². The third kappa shape index (κ3) is 2.85.